The molecule has 0 amide bonds. The Bertz CT molecular complexity index is 1340. The summed E-state index contributed by atoms with van der Waals surface area (Å²) < 4.78 is 45.9. The summed E-state index contributed by atoms with van der Waals surface area (Å²) in [7, 11) is 3.08. The molecule has 0 fully saturated rings. The maximum atomic E-state index is 14.5. The molecule has 9 nitrogen and oxygen atoms in total. The number of halogens is 3. The molecule has 3 heterocycles. The van der Waals surface area contributed by atoms with Gasteiger partial charge in [-0.15, -0.1) is 0 Å². The second kappa shape index (κ2) is 16.0. The normalized spacial score (nSPS) is 12.8. The van der Waals surface area contributed by atoms with Crippen molar-refractivity contribution in [2.45, 2.75) is 13.8 Å². The van der Waals surface area contributed by atoms with E-state index in [4.69, 9.17) is 14.3 Å². The van der Waals surface area contributed by atoms with Gasteiger partial charge in [-0.25, -0.2) is 23.1 Å². The van der Waals surface area contributed by atoms with Gasteiger partial charge in [0.15, 0.2) is 5.82 Å². The van der Waals surface area contributed by atoms with Crippen molar-refractivity contribution in [3.05, 3.63) is 95.9 Å². The smallest absolute Gasteiger partial charge is 0.216 e. The van der Waals surface area contributed by atoms with Gasteiger partial charge in [0, 0.05) is 43.0 Å². The molecule has 0 radical (unpaired) electrons. The van der Waals surface area contributed by atoms with Crippen molar-refractivity contribution in [3.63, 3.8) is 0 Å². The van der Waals surface area contributed by atoms with Crippen molar-refractivity contribution in [1.29, 1.82) is 0 Å². The summed E-state index contributed by atoms with van der Waals surface area (Å²) in [5.41, 5.74) is 2.43. The zero-order valence-electron chi connectivity index (χ0n) is 22.0. The van der Waals surface area contributed by atoms with E-state index in [-0.39, 0.29) is 22.8 Å². The van der Waals surface area contributed by atoms with E-state index in [9.17, 15) is 13.2 Å². The van der Waals surface area contributed by atoms with Gasteiger partial charge in [0.1, 0.15) is 31.0 Å². The van der Waals surface area contributed by atoms with Crippen LogP contribution in [0.2, 0.25) is 0 Å². The number of aliphatic imine (C=N–C) groups is 1. The number of rotatable bonds is 5. The number of imidazole rings is 1. The van der Waals surface area contributed by atoms with E-state index in [1.54, 1.807) is 43.7 Å². The number of aryl methyl sites for hydroxylation is 1. The first kappa shape index (κ1) is 32.0. The van der Waals surface area contributed by atoms with Crippen LogP contribution < -0.4 is 10.1 Å². The first-order valence-corrected chi connectivity index (χ1v) is 11.1. The molecule has 4 rings (SSSR count). The molecular formula is C27H29F3N6O3. The molecule has 0 saturated heterocycles. The molecule has 1 aromatic carbocycles. The fraction of sp³-hybridized carbons (Fsp3) is 0.148. The Morgan fingerprint density at radius 1 is 1.15 bits per heavy atom. The molecule has 2 aromatic heterocycles. The van der Waals surface area contributed by atoms with Crippen LogP contribution in [0.5, 0.6) is 5.88 Å². The van der Waals surface area contributed by atoms with Crippen molar-refractivity contribution >= 4 is 36.8 Å². The lowest BCUT2D eigenvalue weighted by atomic mass is 10.1. The Hall–Kier alpha value is -5.00. The second-order valence-corrected chi connectivity index (χ2v) is 7.32. The highest BCUT2D eigenvalue weighted by atomic mass is 19.1. The molecule has 39 heavy (non-hydrogen) atoms. The number of nitrogens with one attached hydrogen (secondary N) is 2. The van der Waals surface area contributed by atoms with Crippen LogP contribution in [0.25, 0.3) is 11.3 Å². The van der Waals surface area contributed by atoms with E-state index in [0.717, 1.165) is 11.8 Å². The first-order valence-electron chi connectivity index (χ1n) is 11.1. The molecular weight excluding hydrogens is 513 g/mol. The van der Waals surface area contributed by atoms with Crippen molar-refractivity contribution in [2.75, 3.05) is 19.5 Å². The zero-order valence-corrected chi connectivity index (χ0v) is 22.0. The minimum absolute atomic E-state index is 0.169. The van der Waals surface area contributed by atoms with Crippen LogP contribution in [0.4, 0.5) is 18.9 Å². The number of ether oxygens (including phenoxy) is 1. The van der Waals surface area contributed by atoms with Crippen LogP contribution >= 0.6 is 0 Å². The number of carbonyl (C=O) groups is 2. The SMILES string of the molecule is C=CN1C=C(c2c(F)ccc(NC)c2F)N=C/C1=C(/C)c1ncc[nH]1.C=O.C=O.COc1ncc(F)cc1C. The number of methoxy groups -OCH3 is 1. The average molecular weight is 543 g/mol. The maximum absolute atomic E-state index is 14.5. The summed E-state index contributed by atoms with van der Waals surface area (Å²) in [5, 5.41) is 2.70. The third kappa shape index (κ3) is 7.99. The maximum Gasteiger partial charge on any atom is 0.216 e. The lowest BCUT2D eigenvalue weighted by molar-refractivity contribution is -0.0987. The Balaban J connectivity index is 0.000000454. The monoisotopic (exact) mass is 542 g/mol. The molecule has 0 spiro atoms. The Labute approximate surface area is 224 Å². The number of carbonyl (C=O) groups excluding carboxylic acids is 2. The number of nitrogens with zero attached hydrogens (tertiary/aromatic N) is 4. The van der Waals surface area contributed by atoms with Gasteiger partial charge in [-0.2, -0.15) is 0 Å². The number of hydrogen-bond acceptors (Lipinski definition) is 8. The third-order valence-electron chi connectivity index (χ3n) is 5.11. The summed E-state index contributed by atoms with van der Waals surface area (Å²) in [5.74, 6) is -0.552. The molecule has 1 aliphatic heterocycles. The molecule has 3 aromatic rings. The number of anilines is 1. The van der Waals surface area contributed by atoms with E-state index in [0.29, 0.717) is 23.0 Å². The standard InChI is InChI=1S/C18H17F2N5.C7H8FNO.2CH2O/c1-4-25-10-14(16-12(19)5-6-13(21-3)17(16)20)24-9-15(25)11(2)18-22-7-8-23-18;1-5-3-6(8)4-9-7(5)10-2;2*1-2/h4-10,21H,1H2,2-3H3,(H,22,23);3-4H,1-2H3;2*1H2/b15-11+;;;. The summed E-state index contributed by atoms with van der Waals surface area (Å²) in [6.45, 7) is 11.4. The molecule has 0 saturated carbocycles. The van der Waals surface area contributed by atoms with Crippen LogP contribution in [0.1, 0.15) is 23.9 Å². The number of pyridine rings is 1. The van der Waals surface area contributed by atoms with Crippen molar-refractivity contribution in [2.24, 2.45) is 4.99 Å². The quantitative estimate of drug-likeness (QED) is 0.458. The predicted octanol–water partition coefficient (Wildman–Crippen LogP) is 5.16. The van der Waals surface area contributed by atoms with E-state index >= 15 is 0 Å². The van der Waals surface area contributed by atoms with E-state index < -0.39 is 11.6 Å². The summed E-state index contributed by atoms with van der Waals surface area (Å²) in [6.07, 6.45) is 9.12. The van der Waals surface area contributed by atoms with Gasteiger partial charge in [-0.05, 0) is 32.0 Å². The van der Waals surface area contributed by atoms with Crippen LogP contribution in [-0.2, 0) is 9.59 Å². The molecule has 0 unspecified atom stereocenters. The van der Waals surface area contributed by atoms with E-state index in [1.165, 1.54) is 31.5 Å². The highest BCUT2D eigenvalue weighted by Gasteiger charge is 2.21. The van der Waals surface area contributed by atoms with Gasteiger partial charge in [0.2, 0.25) is 5.88 Å². The van der Waals surface area contributed by atoms with Gasteiger partial charge >= 0.3 is 0 Å². The van der Waals surface area contributed by atoms with Gasteiger partial charge < -0.3 is 29.5 Å². The molecule has 0 atom stereocenters. The predicted molar refractivity (Wildman–Crippen MR) is 145 cm³/mol. The molecule has 206 valence electrons. The first-order chi connectivity index (χ1) is 18.8. The zero-order chi connectivity index (χ0) is 29.5. The van der Waals surface area contributed by atoms with Crippen LogP contribution in [0.15, 0.2) is 66.5 Å². The number of hydrogen-bond donors (Lipinski definition) is 2. The van der Waals surface area contributed by atoms with Gasteiger partial charge in [0.25, 0.3) is 0 Å². The Kier molecular flexibility index (Phi) is 13.1. The minimum Gasteiger partial charge on any atom is -0.481 e. The van der Waals surface area contributed by atoms with Crippen molar-refractivity contribution < 1.29 is 27.5 Å². The second-order valence-electron chi connectivity index (χ2n) is 7.32. The highest BCUT2D eigenvalue weighted by Crippen LogP contribution is 2.32. The van der Waals surface area contributed by atoms with Crippen LogP contribution in [0.3, 0.4) is 0 Å². The Morgan fingerprint density at radius 2 is 1.85 bits per heavy atom. The van der Waals surface area contributed by atoms with E-state index in [1.807, 2.05) is 20.5 Å². The molecule has 1 aliphatic rings. The highest BCUT2D eigenvalue weighted by molar-refractivity contribution is 5.94. The van der Waals surface area contributed by atoms with E-state index in [2.05, 4.69) is 31.8 Å². The molecule has 0 bridgehead atoms. The summed E-state index contributed by atoms with van der Waals surface area (Å²) >= 11 is 0. The largest absolute Gasteiger partial charge is 0.481 e. The number of H-pyrrole nitrogens is 1. The number of aromatic amines is 1. The lowest BCUT2D eigenvalue weighted by Crippen LogP contribution is -2.17. The van der Waals surface area contributed by atoms with Crippen molar-refractivity contribution in [1.82, 2.24) is 19.9 Å². The Morgan fingerprint density at radius 3 is 2.38 bits per heavy atom. The molecule has 2 N–H and O–H groups in total. The lowest BCUT2D eigenvalue weighted by Gasteiger charge is -2.23. The minimum atomic E-state index is -0.690. The van der Waals surface area contributed by atoms with Crippen molar-refractivity contribution in [3.8, 4) is 5.88 Å². The summed E-state index contributed by atoms with van der Waals surface area (Å²) in [4.78, 5) is 32.8. The fourth-order valence-corrected chi connectivity index (χ4v) is 3.32. The number of benzene rings is 1. The van der Waals surface area contributed by atoms with Gasteiger partial charge in [-0.1, -0.05) is 6.58 Å². The molecule has 0 aliphatic carbocycles. The fourth-order valence-electron chi connectivity index (χ4n) is 3.32. The van der Waals surface area contributed by atoms with Gasteiger partial charge in [-0.3, -0.25) is 4.99 Å². The topological polar surface area (TPSA) is 113 Å². The van der Waals surface area contributed by atoms with Crippen LogP contribution in [0, 0.1) is 24.4 Å². The summed E-state index contributed by atoms with van der Waals surface area (Å²) in [6, 6.07) is 3.93. The average Bonchev–Trinajstić information content (AvgIpc) is 3.51. The third-order valence-corrected chi connectivity index (χ3v) is 5.11. The molecule has 12 heteroatoms. The van der Waals surface area contributed by atoms with Crippen LogP contribution in [-0.4, -0.2) is 53.8 Å². The number of aromatic nitrogens is 3. The van der Waals surface area contributed by atoms with Gasteiger partial charge in [0.05, 0.1) is 42.2 Å². The number of allylic oxidation sites excluding steroid dienone is 2.